The van der Waals surface area contributed by atoms with Crippen LogP contribution in [0.5, 0.6) is 5.75 Å². The molecule has 0 aromatic carbocycles. The maximum Gasteiger partial charge on any atom is 0.355 e. The molecule has 0 aliphatic rings. The number of methoxy groups -OCH3 is 1. The molecule has 0 unspecified atom stereocenters. The highest BCUT2D eigenvalue weighted by molar-refractivity contribution is 7.09. The van der Waals surface area contributed by atoms with Crippen molar-refractivity contribution < 1.29 is 19.4 Å². The van der Waals surface area contributed by atoms with Crippen molar-refractivity contribution in [2.45, 2.75) is 6.42 Å². The molecule has 0 bridgehead atoms. The summed E-state index contributed by atoms with van der Waals surface area (Å²) in [4.78, 5) is 30.5. The van der Waals surface area contributed by atoms with Crippen LogP contribution in [0.1, 0.15) is 25.9 Å². The van der Waals surface area contributed by atoms with Gasteiger partial charge in [0.2, 0.25) is 0 Å². The van der Waals surface area contributed by atoms with Gasteiger partial charge in [-0.05, 0) is 6.07 Å². The second-order valence-electron chi connectivity index (χ2n) is 4.01. The van der Waals surface area contributed by atoms with E-state index in [2.05, 4.69) is 15.3 Å². The third kappa shape index (κ3) is 3.76. The summed E-state index contributed by atoms with van der Waals surface area (Å²) in [7, 11) is 1.47. The zero-order valence-corrected chi connectivity index (χ0v) is 12.0. The fraction of sp³-hybridized carbons (Fsp3) is 0.231. The Balaban J connectivity index is 1.90. The van der Waals surface area contributed by atoms with Gasteiger partial charge in [0.15, 0.2) is 5.69 Å². The van der Waals surface area contributed by atoms with Gasteiger partial charge in [-0.25, -0.2) is 9.78 Å². The highest BCUT2D eigenvalue weighted by Gasteiger charge is 2.12. The van der Waals surface area contributed by atoms with E-state index in [0.29, 0.717) is 29.3 Å². The molecule has 110 valence electrons. The Hall–Kier alpha value is -2.48. The normalized spacial score (nSPS) is 10.1. The van der Waals surface area contributed by atoms with Gasteiger partial charge in [0, 0.05) is 24.5 Å². The van der Waals surface area contributed by atoms with E-state index in [9.17, 15) is 9.59 Å². The minimum atomic E-state index is -1.05. The van der Waals surface area contributed by atoms with Crippen LogP contribution in [-0.2, 0) is 6.42 Å². The van der Waals surface area contributed by atoms with Crippen molar-refractivity contribution in [2.24, 2.45) is 0 Å². The van der Waals surface area contributed by atoms with Crippen molar-refractivity contribution in [1.29, 1.82) is 0 Å². The first kappa shape index (κ1) is 14.9. The summed E-state index contributed by atoms with van der Waals surface area (Å²) in [5.41, 5.74) is 0.426. The molecule has 2 N–H and O–H groups in total. The van der Waals surface area contributed by atoms with Crippen LogP contribution >= 0.6 is 11.3 Å². The maximum atomic E-state index is 12.0. The highest BCUT2D eigenvalue weighted by atomic mass is 32.1. The van der Waals surface area contributed by atoms with Crippen LogP contribution in [0.25, 0.3) is 0 Å². The fourth-order valence-corrected chi connectivity index (χ4v) is 2.40. The maximum absolute atomic E-state index is 12.0. The number of hydrogen-bond acceptors (Lipinski definition) is 6. The molecule has 0 radical (unpaired) electrons. The molecule has 0 aliphatic carbocycles. The average molecular weight is 307 g/mol. The molecular weight excluding hydrogens is 294 g/mol. The van der Waals surface area contributed by atoms with Gasteiger partial charge in [0.25, 0.3) is 5.91 Å². The number of carboxylic acid groups (broad SMARTS) is 1. The van der Waals surface area contributed by atoms with Crippen LogP contribution in [0.15, 0.2) is 23.8 Å². The van der Waals surface area contributed by atoms with E-state index in [1.54, 1.807) is 6.07 Å². The van der Waals surface area contributed by atoms with Crippen molar-refractivity contribution >= 4 is 23.2 Å². The number of aromatic nitrogens is 2. The number of rotatable bonds is 6. The Morgan fingerprint density at radius 3 is 2.95 bits per heavy atom. The van der Waals surface area contributed by atoms with Crippen LogP contribution in [0.3, 0.4) is 0 Å². The number of ether oxygens (including phenoxy) is 1. The lowest BCUT2D eigenvalue weighted by molar-refractivity contribution is 0.0690. The predicted octanol–water partition coefficient (Wildman–Crippen LogP) is 1.22. The van der Waals surface area contributed by atoms with Crippen molar-refractivity contribution in [1.82, 2.24) is 15.3 Å². The number of amides is 1. The predicted molar refractivity (Wildman–Crippen MR) is 75.9 cm³/mol. The van der Waals surface area contributed by atoms with Gasteiger partial charge in [-0.2, -0.15) is 0 Å². The van der Waals surface area contributed by atoms with E-state index in [-0.39, 0.29) is 11.6 Å². The molecular formula is C13H13N3O4S. The zero-order valence-electron chi connectivity index (χ0n) is 11.2. The lowest BCUT2D eigenvalue weighted by atomic mass is 10.2. The number of nitrogens with zero attached hydrogens (tertiary/aromatic N) is 2. The first-order chi connectivity index (χ1) is 10.1. The summed E-state index contributed by atoms with van der Waals surface area (Å²) in [5.74, 6) is -0.926. The van der Waals surface area contributed by atoms with Crippen molar-refractivity contribution in [2.75, 3.05) is 13.7 Å². The Labute approximate surface area is 124 Å². The van der Waals surface area contributed by atoms with E-state index in [1.807, 2.05) is 0 Å². The van der Waals surface area contributed by atoms with Gasteiger partial charge < -0.3 is 15.2 Å². The summed E-state index contributed by atoms with van der Waals surface area (Å²) in [6, 6.07) is 1.57. The van der Waals surface area contributed by atoms with Crippen molar-refractivity contribution in [3.8, 4) is 5.75 Å². The van der Waals surface area contributed by atoms with Crippen LogP contribution < -0.4 is 10.1 Å². The molecule has 0 atom stereocenters. The number of thiazole rings is 1. The lowest BCUT2D eigenvalue weighted by Crippen LogP contribution is -2.26. The third-order valence-corrected chi connectivity index (χ3v) is 3.55. The van der Waals surface area contributed by atoms with Crippen molar-refractivity contribution in [3.63, 3.8) is 0 Å². The van der Waals surface area contributed by atoms with E-state index in [0.717, 1.165) is 0 Å². The molecule has 21 heavy (non-hydrogen) atoms. The molecule has 2 heterocycles. The largest absolute Gasteiger partial charge is 0.494 e. The molecule has 0 fully saturated rings. The monoisotopic (exact) mass is 307 g/mol. The highest BCUT2D eigenvalue weighted by Crippen LogP contribution is 2.15. The summed E-state index contributed by atoms with van der Waals surface area (Å²) < 4.78 is 5.06. The molecule has 2 aromatic heterocycles. The minimum Gasteiger partial charge on any atom is -0.494 e. The lowest BCUT2D eigenvalue weighted by Gasteiger charge is -2.07. The number of carbonyl (C=O) groups excluding carboxylic acids is 1. The molecule has 2 aromatic rings. The molecule has 0 saturated heterocycles. The summed E-state index contributed by atoms with van der Waals surface area (Å²) in [6.45, 7) is 0.358. The minimum absolute atomic E-state index is 0.0251. The Bertz CT molecular complexity index is 656. The number of nitrogens with one attached hydrogen (secondary N) is 1. The van der Waals surface area contributed by atoms with Gasteiger partial charge >= 0.3 is 5.97 Å². The SMILES string of the molecule is COc1cnccc1C(=O)NCCc1nc(C(=O)O)cs1. The van der Waals surface area contributed by atoms with Crippen LogP contribution in [-0.4, -0.2) is 40.6 Å². The Morgan fingerprint density at radius 1 is 1.48 bits per heavy atom. The van der Waals surface area contributed by atoms with Gasteiger partial charge in [0.1, 0.15) is 5.75 Å². The molecule has 0 aliphatic heterocycles. The number of aromatic carboxylic acids is 1. The summed E-state index contributed by atoms with van der Waals surface area (Å²) in [6.07, 6.45) is 3.45. The zero-order chi connectivity index (χ0) is 15.2. The van der Waals surface area contributed by atoms with Crippen LogP contribution in [0.2, 0.25) is 0 Å². The topological polar surface area (TPSA) is 101 Å². The standard InChI is InChI=1S/C13H13N3O4S/c1-20-10-6-14-4-2-8(10)12(17)15-5-3-11-16-9(7-21-11)13(18)19/h2,4,6-7H,3,5H2,1H3,(H,15,17)(H,18,19). The van der Waals surface area contributed by atoms with Gasteiger partial charge in [-0.15, -0.1) is 11.3 Å². The van der Waals surface area contributed by atoms with Gasteiger partial charge in [0.05, 0.1) is 23.9 Å². The first-order valence-electron chi connectivity index (χ1n) is 6.05. The quantitative estimate of drug-likeness (QED) is 0.832. The smallest absolute Gasteiger partial charge is 0.355 e. The molecule has 0 saturated carbocycles. The van der Waals surface area contributed by atoms with E-state index in [1.165, 1.54) is 36.2 Å². The number of carbonyl (C=O) groups is 2. The number of hydrogen-bond donors (Lipinski definition) is 2. The Kier molecular flexibility index (Phi) is 4.83. The van der Waals surface area contributed by atoms with E-state index >= 15 is 0 Å². The second-order valence-corrected chi connectivity index (χ2v) is 4.96. The van der Waals surface area contributed by atoms with E-state index < -0.39 is 5.97 Å². The first-order valence-corrected chi connectivity index (χ1v) is 6.93. The Morgan fingerprint density at radius 2 is 2.29 bits per heavy atom. The average Bonchev–Trinajstić information content (AvgIpc) is 2.96. The summed E-state index contributed by atoms with van der Waals surface area (Å²) in [5, 5.41) is 13.6. The molecule has 8 heteroatoms. The number of pyridine rings is 1. The van der Waals surface area contributed by atoms with Crippen LogP contribution in [0, 0.1) is 0 Å². The number of carboxylic acids is 1. The van der Waals surface area contributed by atoms with Gasteiger partial charge in [-0.1, -0.05) is 0 Å². The fourth-order valence-electron chi connectivity index (χ4n) is 1.63. The molecule has 0 spiro atoms. The van der Waals surface area contributed by atoms with Crippen molar-refractivity contribution in [3.05, 3.63) is 40.1 Å². The second kappa shape index (κ2) is 6.80. The van der Waals surface area contributed by atoms with Gasteiger partial charge in [-0.3, -0.25) is 9.78 Å². The molecule has 1 amide bonds. The summed E-state index contributed by atoms with van der Waals surface area (Å²) >= 11 is 1.26. The molecule has 2 rings (SSSR count). The van der Waals surface area contributed by atoms with Crippen LogP contribution in [0.4, 0.5) is 0 Å². The molecule has 7 nitrogen and oxygen atoms in total. The third-order valence-electron chi connectivity index (χ3n) is 2.64. The van der Waals surface area contributed by atoms with E-state index in [4.69, 9.17) is 9.84 Å².